The highest BCUT2D eigenvalue weighted by Crippen LogP contribution is 2.19. The predicted molar refractivity (Wildman–Crippen MR) is 80.0 cm³/mol. The monoisotopic (exact) mass is 302 g/mol. The molecule has 1 aromatic heterocycles. The lowest BCUT2D eigenvalue weighted by molar-refractivity contribution is -0.144. The maximum Gasteiger partial charge on any atom is 0.328 e. The van der Waals surface area contributed by atoms with Gasteiger partial charge in [0.05, 0.1) is 7.11 Å². The number of carbonyl (C=O) groups excluding carboxylic acids is 2. The Labute approximate surface area is 128 Å². The van der Waals surface area contributed by atoms with Gasteiger partial charge in [-0.3, -0.25) is 4.79 Å². The fourth-order valence-electron chi connectivity index (χ4n) is 1.96. The molecule has 0 aliphatic carbocycles. The second kappa shape index (κ2) is 6.89. The van der Waals surface area contributed by atoms with Crippen LogP contribution >= 0.6 is 0 Å². The van der Waals surface area contributed by atoms with E-state index in [-0.39, 0.29) is 11.6 Å². The lowest BCUT2D eigenvalue weighted by Gasteiger charge is -2.18. The highest BCUT2D eigenvalue weighted by atomic mass is 16.5. The quantitative estimate of drug-likeness (QED) is 0.857. The Kier molecular flexibility index (Phi) is 4.93. The van der Waals surface area contributed by atoms with Gasteiger partial charge in [-0.25, -0.2) is 4.79 Å². The average molecular weight is 302 g/mol. The van der Waals surface area contributed by atoms with Gasteiger partial charge in [0, 0.05) is 11.6 Å². The highest BCUT2D eigenvalue weighted by Gasteiger charge is 2.26. The molecule has 0 bridgehead atoms. The van der Waals surface area contributed by atoms with E-state index in [0.29, 0.717) is 5.76 Å². The molecule has 0 radical (unpaired) electrons. The van der Waals surface area contributed by atoms with Crippen molar-refractivity contribution < 1.29 is 18.8 Å². The summed E-state index contributed by atoms with van der Waals surface area (Å²) in [6, 6.07) is 10.1. The summed E-state index contributed by atoms with van der Waals surface area (Å²) in [5, 5.41) is 6.36. The predicted octanol–water partition coefficient (Wildman–Crippen LogP) is 2.27. The van der Waals surface area contributed by atoms with Gasteiger partial charge in [0.1, 0.15) is 6.04 Å². The van der Waals surface area contributed by atoms with E-state index >= 15 is 0 Å². The van der Waals surface area contributed by atoms with Crippen LogP contribution in [0, 0.1) is 5.92 Å². The number of ether oxygens (including phenoxy) is 1. The third kappa shape index (κ3) is 3.52. The first-order valence-corrected chi connectivity index (χ1v) is 6.93. The number of carbonyl (C=O) groups is 2. The topological polar surface area (TPSA) is 81.4 Å². The van der Waals surface area contributed by atoms with Gasteiger partial charge in [-0.1, -0.05) is 49.3 Å². The van der Waals surface area contributed by atoms with Gasteiger partial charge >= 0.3 is 5.97 Å². The van der Waals surface area contributed by atoms with Crippen molar-refractivity contribution in [3.8, 4) is 11.3 Å². The van der Waals surface area contributed by atoms with E-state index in [4.69, 9.17) is 4.52 Å². The molecule has 0 unspecified atom stereocenters. The molecule has 2 aromatic rings. The number of methoxy groups -OCH3 is 1. The van der Waals surface area contributed by atoms with Crippen LogP contribution in [0.5, 0.6) is 0 Å². The molecule has 0 saturated heterocycles. The zero-order valence-corrected chi connectivity index (χ0v) is 12.7. The van der Waals surface area contributed by atoms with E-state index in [1.807, 2.05) is 44.2 Å². The maximum absolute atomic E-state index is 12.2. The lowest BCUT2D eigenvalue weighted by Crippen LogP contribution is -2.45. The normalized spacial score (nSPS) is 12.0. The van der Waals surface area contributed by atoms with Gasteiger partial charge in [0.15, 0.2) is 11.5 Å². The Morgan fingerprint density at radius 2 is 1.91 bits per heavy atom. The number of hydrogen-bond donors (Lipinski definition) is 1. The minimum Gasteiger partial charge on any atom is -0.467 e. The molecule has 0 spiro atoms. The van der Waals surface area contributed by atoms with Crippen LogP contribution in [0.15, 0.2) is 40.9 Å². The summed E-state index contributed by atoms with van der Waals surface area (Å²) in [4.78, 5) is 23.8. The van der Waals surface area contributed by atoms with Crippen molar-refractivity contribution in [1.82, 2.24) is 10.5 Å². The average Bonchev–Trinajstić information content (AvgIpc) is 3.02. The van der Waals surface area contributed by atoms with Crippen LogP contribution in [0.3, 0.4) is 0 Å². The van der Waals surface area contributed by atoms with Crippen molar-refractivity contribution >= 4 is 11.9 Å². The van der Waals surface area contributed by atoms with E-state index in [9.17, 15) is 9.59 Å². The summed E-state index contributed by atoms with van der Waals surface area (Å²) in [6.07, 6.45) is 0. The van der Waals surface area contributed by atoms with E-state index in [2.05, 4.69) is 15.2 Å². The molecule has 6 heteroatoms. The van der Waals surface area contributed by atoms with Gasteiger partial charge < -0.3 is 14.6 Å². The van der Waals surface area contributed by atoms with Crippen molar-refractivity contribution in [2.75, 3.05) is 7.11 Å². The van der Waals surface area contributed by atoms with Crippen LogP contribution in [0.1, 0.15) is 24.3 Å². The van der Waals surface area contributed by atoms with Gasteiger partial charge in [-0.15, -0.1) is 0 Å². The Hall–Kier alpha value is -2.63. The molecule has 1 heterocycles. The fourth-order valence-corrected chi connectivity index (χ4v) is 1.96. The molecule has 0 aliphatic heterocycles. The number of rotatable bonds is 5. The Morgan fingerprint density at radius 1 is 1.23 bits per heavy atom. The lowest BCUT2D eigenvalue weighted by atomic mass is 10.0. The van der Waals surface area contributed by atoms with Crippen molar-refractivity contribution in [2.24, 2.45) is 5.92 Å². The Morgan fingerprint density at radius 3 is 2.50 bits per heavy atom. The molecule has 0 saturated carbocycles. The van der Waals surface area contributed by atoms with Crippen molar-refractivity contribution in [3.63, 3.8) is 0 Å². The first-order chi connectivity index (χ1) is 10.5. The number of hydrogen-bond acceptors (Lipinski definition) is 5. The molecule has 0 fully saturated rings. The van der Waals surface area contributed by atoms with E-state index < -0.39 is 17.9 Å². The first-order valence-electron chi connectivity index (χ1n) is 6.93. The minimum atomic E-state index is -0.727. The summed E-state index contributed by atoms with van der Waals surface area (Å²) in [5.74, 6) is -0.577. The van der Waals surface area contributed by atoms with Crippen LogP contribution in [-0.2, 0) is 9.53 Å². The Balaban J connectivity index is 2.13. The first kappa shape index (κ1) is 15.8. The summed E-state index contributed by atoms with van der Waals surface area (Å²) in [6.45, 7) is 3.64. The summed E-state index contributed by atoms with van der Waals surface area (Å²) in [5.41, 5.74) is 0.941. The standard InChI is InChI=1S/C16H18N2O4/c1-10(2)14(16(20)21-3)17-15(19)12-9-13(22-18-12)11-7-5-4-6-8-11/h4-10,14H,1-3H3,(H,17,19)/t14-/m0/s1. The third-order valence-electron chi connectivity index (χ3n) is 3.21. The largest absolute Gasteiger partial charge is 0.467 e. The molecule has 2 rings (SSSR count). The molecule has 1 aromatic carbocycles. The number of benzene rings is 1. The van der Waals surface area contributed by atoms with Gasteiger partial charge in [0.25, 0.3) is 5.91 Å². The second-order valence-electron chi connectivity index (χ2n) is 5.16. The van der Waals surface area contributed by atoms with Gasteiger partial charge in [0.2, 0.25) is 0 Å². The van der Waals surface area contributed by atoms with Crippen molar-refractivity contribution in [2.45, 2.75) is 19.9 Å². The molecule has 1 amide bonds. The third-order valence-corrected chi connectivity index (χ3v) is 3.21. The van der Waals surface area contributed by atoms with Crippen molar-refractivity contribution in [1.29, 1.82) is 0 Å². The van der Waals surface area contributed by atoms with E-state index in [0.717, 1.165) is 5.56 Å². The molecular weight excluding hydrogens is 284 g/mol. The van der Waals surface area contributed by atoms with Gasteiger partial charge in [-0.05, 0) is 5.92 Å². The maximum atomic E-state index is 12.2. The summed E-state index contributed by atoms with van der Waals surface area (Å²) < 4.78 is 9.86. The van der Waals surface area contributed by atoms with Crippen LogP contribution in [0.2, 0.25) is 0 Å². The molecule has 1 atom stereocenters. The molecule has 22 heavy (non-hydrogen) atoms. The number of esters is 1. The number of nitrogens with zero attached hydrogens (tertiary/aromatic N) is 1. The number of nitrogens with one attached hydrogen (secondary N) is 1. The van der Waals surface area contributed by atoms with Gasteiger partial charge in [-0.2, -0.15) is 0 Å². The number of amides is 1. The minimum absolute atomic E-state index is 0.100. The number of aromatic nitrogens is 1. The SMILES string of the molecule is COC(=O)[C@@H](NC(=O)c1cc(-c2ccccc2)on1)C(C)C. The van der Waals surface area contributed by atoms with Crippen LogP contribution < -0.4 is 5.32 Å². The van der Waals surface area contributed by atoms with E-state index in [1.165, 1.54) is 7.11 Å². The zero-order valence-electron chi connectivity index (χ0n) is 12.7. The molecule has 1 N–H and O–H groups in total. The summed E-state index contributed by atoms with van der Waals surface area (Å²) >= 11 is 0. The Bertz CT molecular complexity index is 649. The van der Waals surface area contributed by atoms with Crippen molar-refractivity contribution in [3.05, 3.63) is 42.1 Å². The summed E-state index contributed by atoms with van der Waals surface area (Å²) in [7, 11) is 1.29. The molecular formula is C16H18N2O4. The smallest absolute Gasteiger partial charge is 0.328 e. The zero-order chi connectivity index (χ0) is 16.1. The molecule has 0 aliphatic rings. The molecule has 116 valence electrons. The van der Waals surface area contributed by atoms with Crippen LogP contribution in [0.4, 0.5) is 0 Å². The second-order valence-corrected chi connectivity index (χ2v) is 5.16. The fraction of sp³-hybridized carbons (Fsp3) is 0.312. The van der Waals surface area contributed by atoms with Crippen LogP contribution in [-0.4, -0.2) is 30.2 Å². The molecule has 6 nitrogen and oxygen atoms in total. The highest BCUT2D eigenvalue weighted by molar-refractivity contribution is 5.95. The van der Waals surface area contributed by atoms with E-state index in [1.54, 1.807) is 6.07 Å². The van der Waals surface area contributed by atoms with Crippen LogP contribution in [0.25, 0.3) is 11.3 Å².